The average molecular weight is 256 g/mol. The van der Waals surface area contributed by atoms with Crippen LogP contribution in [0.15, 0.2) is 0 Å². The van der Waals surface area contributed by atoms with Gasteiger partial charge in [0, 0.05) is 12.6 Å². The molecule has 1 heterocycles. The predicted molar refractivity (Wildman–Crippen MR) is 68.7 cm³/mol. The van der Waals surface area contributed by atoms with Crippen LogP contribution in [0.1, 0.15) is 34.1 Å². The van der Waals surface area contributed by atoms with Crippen molar-refractivity contribution in [1.29, 1.82) is 0 Å². The standard InChI is InChI=1S/C13H24N2O3/c1-5-18-13(17)11(14)12(16)15-7-8(2)6-9(3)10(15)4/h8-11H,5-7,14H2,1-4H3. The molecule has 4 unspecified atom stereocenters. The van der Waals surface area contributed by atoms with Crippen LogP contribution in [0.5, 0.6) is 0 Å². The topological polar surface area (TPSA) is 72.6 Å². The van der Waals surface area contributed by atoms with E-state index in [4.69, 9.17) is 10.5 Å². The first kappa shape index (κ1) is 15.0. The second-order valence-corrected chi connectivity index (χ2v) is 5.28. The second-order valence-electron chi connectivity index (χ2n) is 5.28. The molecule has 1 amide bonds. The van der Waals surface area contributed by atoms with Crippen molar-refractivity contribution in [2.24, 2.45) is 17.6 Å². The maximum atomic E-state index is 12.2. The number of rotatable bonds is 3. The van der Waals surface area contributed by atoms with Crippen molar-refractivity contribution < 1.29 is 14.3 Å². The van der Waals surface area contributed by atoms with Gasteiger partial charge in [0.15, 0.2) is 6.04 Å². The molecular weight excluding hydrogens is 232 g/mol. The molecule has 1 aliphatic rings. The quantitative estimate of drug-likeness (QED) is 0.598. The van der Waals surface area contributed by atoms with Gasteiger partial charge in [0.1, 0.15) is 0 Å². The molecule has 0 bridgehead atoms. The molecule has 0 saturated carbocycles. The highest BCUT2D eigenvalue weighted by Crippen LogP contribution is 2.27. The summed E-state index contributed by atoms with van der Waals surface area (Å²) in [6, 6.07) is -1.07. The molecular formula is C13H24N2O3. The number of nitrogens with two attached hydrogens (primary N) is 1. The summed E-state index contributed by atoms with van der Waals surface area (Å²) in [5.74, 6) is -0.0958. The fourth-order valence-electron chi connectivity index (χ4n) is 2.52. The van der Waals surface area contributed by atoms with Crippen molar-refractivity contribution in [3.8, 4) is 0 Å². The predicted octanol–water partition coefficient (Wildman–Crippen LogP) is 0.770. The van der Waals surface area contributed by atoms with Gasteiger partial charge in [-0.05, 0) is 32.1 Å². The number of piperidine rings is 1. The van der Waals surface area contributed by atoms with E-state index in [0.29, 0.717) is 18.4 Å². The normalized spacial score (nSPS) is 29.8. The smallest absolute Gasteiger partial charge is 0.332 e. The Balaban J connectivity index is 2.72. The molecule has 2 N–H and O–H groups in total. The molecule has 0 aromatic heterocycles. The first-order valence-electron chi connectivity index (χ1n) is 6.61. The van der Waals surface area contributed by atoms with Crippen LogP contribution in [-0.2, 0) is 14.3 Å². The number of nitrogens with zero attached hydrogens (tertiary/aromatic N) is 1. The minimum Gasteiger partial charge on any atom is -0.464 e. The van der Waals surface area contributed by atoms with Crippen LogP contribution in [-0.4, -0.2) is 42.0 Å². The lowest BCUT2D eigenvalue weighted by Gasteiger charge is -2.41. The summed E-state index contributed by atoms with van der Waals surface area (Å²) < 4.78 is 4.79. The van der Waals surface area contributed by atoms with Gasteiger partial charge in [-0.15, -0.1) is 0 Å². The van der Waals surface area contributed by atoms with Crippen LogP contribution in [0.3, 0.4) is 0 Å². The molecule has 4 atom stereocenters. The van der Waals surface area contributed by atoms with Gasteiger partial charge in [-0.3, -0.25) is 4.79 Å². The Morgan fingerprint density at radius 1 is 1.39 bits per heavy atom. The average Bonchev–Trinajstić information content (AvgIpc) is 2.32. The monoisotopic (exact) mass is 256 g/mol. The fourth-order valence-corrected chi connectivity index (χ4v) is 2.52. The number of ether oxygens (including phenoxy) is 1. The summed E-state index contributed by atoms with van der Waals surface area (Å²) >= 11 is 0. The van der Waals surface area contributed by atoms with Crippen molar-refractivity contribution in [2.45, 2.75) is 46.2 Å². The molecule has 18 heavy (non-hydrogen) atoms. The summed E-state index contributed by atoms with van der Waals surface area (Å²) in [6.45, 7) is 8.84. The highest BCUT2D eigenvalue weighted by atomic mass is 16.5. The molecule has 0 spiro atoms. The third kappa shape index (κ3) is 3.22. The molecule has 0 radical (unpaired) electrons. The Labute approximate surface area is 109 Å². The van der Waals surface area contributed by atoms with Crippen molar-refractivity contribution >= 4 is 11.9 Å². The molecule has 0 aromatic rings. The molecule has 0 aliphatic carbocycles. The van der Waals surface area contributed by atoms with Crippen molar-refractivity contribution in [3.05, 3.63) is 0 Å². The number of esters is 1. The fraction of sp³-hybridized carbons (Fsp3) is 0.846. The number of amides is 1. The molecule has 5 nitrogen and oxygen atoms in total. The van der Waals surface area contributed by atoms with E-state index in [-0.39, 0.29) is 18.6 Å². The van der Waals surface area contributed by atoms with E-state index in [1.807, 2.05) is 6.92 Å². The van der Waals surface area contributed by atoms with Crippen LogP contribution in [0, 0.1) is 11.8 Å². The minimum atomic E-state index is -1.19. The Bertz CT molecular complexity index is 319. The SMILES string of the molecule is CCOC(=O)C(N)C(=O)N1CC(C)CC(C)C1C. The lowest BCUT2D eigenvalue weighted by molar-refractivity contribution is -0.153. The molecule has 0 aromatic carbocycles. The van der Waals surface area contributed by atoms with Crippen LogP contribution in [0.25, 0.3) is 0 Å². The summed E-state index contributed by atoms with van der Waals surface area (Å²) in [5.41, 5.74) is 5.67. The number of hydrogen-bond acceptors (Lipinski definition) is 4. The van der Waals surface area contributed by atoms with Gasteiger partial charge in [0.2, 0.25) is 0 Å². The Morgan fingerprint density at radius 3 is 2.56 bits per heavy atom. The van der Waals surface area contributed by atoms with Gasteiger partial charge in [0.25, 0.3) is 5.91 Å². The van der Waals surface area contributed by atoms with Crippen molar-refractivity contribution in [3.63, 3.8) is 0 Å². The highest BCUT2D eigenvalue weighted by molar-refractivity contribution is 6.01. The zero-order valence-corrected chi connectivity index (χ0v) is 11.7. The largest absolute Gasteiger partial charge is 0.464 e. The molecule has 5 heteroatoms. The van der Waals surface area contributed by atoms with E-state index in [2.05, 4.69) is 13.8 Å². The van der Waals surface area contributed by atoms with Crippen LogP contribution >= 0.6 is 0 Å². The maximum absolute atomic E-state index is 12.2. The van der Waals surface area contributed by atoms with Crippen LogP contribution in [0.2, 0.25) is 0 Å². The van der Waals surface area contributed by atoms with E-state index in [9.17, 15) is 9.59 Å². The second kappa shape index (κ2) is 6.18. The highest BCUT2D eigenvalue weighted by Gasteiger charge is 2.36. The van der Waals surface area contributed by atoms with E-state index < -0.39 is 12.0 Å². The van der Waals surface area contributed by atoms with Gasteiger partial charge in [-0.2, -0.15) is 0 Å². The summed E-state index contributed by atoms with van der Waals surface area (Å²) in [7, 11) is 0. The van der Waals surface area contributed by atoms with Gasteiger partial charge in [-0.25, -0.2) is 4.79 Å². The van der Waals surface area contributed by atoms with Gasteiger partial charge >= 0.3 is 5.97 Å². The maximum Gasteiger partial charge on any atom is 0.332 e. The van der Waals surface area contributed by atoms with Crippen molar-refractivity contribution in [1.82, 2.24) is 4.90 Å². The third-order valence-corrected chi connectivity index (χ3v) is 3.69. The third-order valence-electron chi connectivity index (χ3n) is 3.69. The van der Waals surface area contributed by atoms with E-state index in [1.54, 1.807) is 11.8 Å². The van der Waals surface area contributed by atoms with Gasteiger partial charge in [-0.1, -0.05) is 13.8 Å². The Kier molecular flexibility index (Phi) is 5.14. The van der Waals surface area contributed by atoms with E-state index in [1.165, 1.54) is 0 Å². The van der Waals surface area contributed by atoms with E-state index >= 15 is 0 Å². The van der Waals surface area contributed by atoms with Crippen molar-refractivity contribution in [2.75, 3.05) is 13.2 Å². The summed E-state index contributed by atoms with van der Waals surface area (Å²) in [5, 5.41) is 0. The molecule has 104 valence electrons. The first-order chi connectivity index (χ1) is 8.38. The van der Waals surface area contributed by atoms with Crippen LogP contribution in [0.4, 0.5) is 0 Å². The lowest BCUT2D eigenvalue weighted by atomic mass is 9.85. The van der Waals surface area contributed by atoms with Gasteiger partial charge in [0.05, 0.1) is 6.61 Å². The van der Waals surface area contributed by atoms with E-state index in [0.717, 1.165) is 6.42 Å². The number of likely N-dealkylation sites (tertiary alicyclic amines) is 1. The zero-order valence-electron chi connectivity index (χ0n) is 11.7. The molecule has 1 fully saturated rings. The molecule has 1 saturated heterocycles. The first-order valence-corrected chi connectivity index (χ1v) is 6.61. The minimum absolute atomic E-state index is 0.120. The van der Waals surface area contributed by atoms with Gasteiger partial charge < -0.3 is 15.4 Å². The number of carbonyl (C=O) groups excluding carboxylic acids is 2. The number of hydrogen-bond donors (Lipinski definition) is 1. The Morgan fingerprint density at radius 2 is 2.00 bits per heavy atom. The number of carbonyl (C=O) groups is 2. The Hall–Kier alpha value is -1.10. The summed E-state index contributed by atoms with van der Waals surface area (Å²) in [6.07, 6.45) is 1.10. The zero-order chi connectivity index (χ0) is 13.9. The molecule has 1 aliphatic heterocycles. The van der Waals surface area contributed by atoms with Crippen LogP contribution < -0.4 is 5.73 Å². The molecule has 1 rings (SSSR count). The summed E-state index contributed by atoms with van der Waals surface area (Å²) in [4.78, 5) is 25.4. The lowest BCUT2D eigenvalue weighted by Crippen LogP contribution is -2.56.